The monoisotopic (exact) mass is 433 g/mol. The Bertz CT molecular complexity index is 845. The summed E-state index contributed by atoms with van der Waals surface area (Å²) in [5.74, 6) is -0.0116. The lowest BCUT2D eigenvalue weighted by atomic mass is 10.0. The van der Waals surface area contributed by atoms with E-state index in [-0.39, 0.29) is 11.8 Å². The van der Waals surface area contributed by atoms with Gasteiger partial charge in [0.1, 0.15) is 4.88 Å². The van der Waals surface area contributed by atoms with Crippen LogP contribution in [0.25, 0.3) is 0 Å². The number of thiophene rings is 1. The Kier molecular flexibility index (Phi) is 7.70. The molecular formula is C22H28ClN3O2S. The highest BCUT2D eigenvalue weighted by atomic mass is 35.5. The third-order valence-corrected chi connectivity index (χ3v) is 6.65. The van der Waals surface area contributed by atoms with Crippen LogP contribution in [0.15, 0.2) is 29.6 Å². The van der Waals surface area contributed by atoms with Gasteiger partial charge in [-0.1, -0.05) is 43.6 Å². The topological polar surface area (TPSA) is 52.7 Å². The molecule has 156 valence electrons. The van der Waals surface area contributed by atoms with E-state index in [4.69, 9.17) is 11.6 Å². The summed E-state index contributed by atoms with van der Waals surface area (Å²) in [6.07, 6.45) is 2.61. The predicted molar refractivity (Wildman–Crippen MR) is 120 cm³/mol. The molecule has 5 nitrogen and oxygen atoms in total. The van der Waals surface area contributed by atoms with Crippen LogP contribution < -0.4 is 5.32 Å². The van der Waals surface area contributed by atoms with Crippen molar-refractivity contribution in [3.05, 3.63) is 50.7 Å². The summed E-state index contributed by atoms with van der Waals surface area (Å²) < 4.78 is 0. The molecule has 0 atom stereocenters. The molecule has 1 aromatic heterocycles. The molecule has 0 bridgehead atoms. The van der Waals surface area contributed by atoms with Gasteiger partial charge < -0.3 is 10.2 Å². The third-order valence-electron chi connectivity index (χ3n) is 5.32. The highest BCUT2D eigenvalue weighted by Gasteiger charge is 2.24. The molecule has 29 heavy (non-hydrogen) atoms. The van der Waals surface area contributed by atoms with Crippen molar-refractivity contribution in [2.75, 3.05) is 38.0 Å². The highest BCUT2D eigenvalue weighted by Crippen LogP contribution is 2.25. The van der Waals surface area contributed by atoms with E-state index in [1.807, 2.05) is 16.3 Å². The summed E-state index contributed by atoms with van der Waals surface area (Å²) in [5, 5.41) is 5.49. The van der Waals surface area contributed by atoms with Gasteiger partial charge >= 0.3 is 0 Å². The van der Waals surface area contributed by atoms with Gasteiger partial charge in [-0.05, 0) is 41.8 Å². The second kappa shape index (κ2) is 10.2. The first-order valence-corrected chi connectivity index (χ1v) is 11.4. The third kappa shape index (κ3) is 5.38. The molecule has 1 aromatic carbocycles. The minimum absolute atomic E-state index is 0.00155. The van der Waals surface area contributed by atoms with Crippen LogP contribution in [0, 0.1) is 0 Å². The minimum Gasteiger partial charge on any atom is -0.337 e. The molecule has 3 rings (SSSR count). The number of nitrogens with one attached hydrogen (secondary N) is 1. The summed E-state index contributed by atoms with van der Waals surface area (Å²) in [6, 6.07) is 7.94. The molecule has 0 radical (unpaired) electrons. The largest absolute Gasteiger partial charge is 0.337 e. The van der Waals surface area contributed by atoms with Crippen LogP contribution in [-0.4, -0.2) is 54.3 Å². The van der Waals surface area contributed by atoms with Gasteiger partial charge in [-0.15, -0.1) is 11.3 Å². The van der Waals surface area contributed by atoms with Gasteiger partial charge in [0.25, 0.3) is 5.91 Å². The Morgan fingerprint density at radius 2 is 1.79 bits per heavy atom. The van der Waals surface area contributed by atoms with Crippen molar-refractivity contribution >= 4 is 40.4 Å². The fraction of sp³-hybridized carbons (Fsp3) is 0.455. The van der Waals surface area contributed by atoms with Crippen LogP contribution >= 0.6 is 22.9 Å². The van der Waals surface area contributed by atoms with Gasteiger partial charge in [0, 0.05) is 31.9 Å². The van der Waals surface area contributed by atoms with Gasteiger partial charge in [-0.2, -0.15) is 0 Å². The second-order valence-electron chi connectivity index (χ2n) is 7.23. The molecule has 2 amide bonds. The smallest absolute Gasteiger partial charge is 0.265 e. The van der Waals surface area contributed by atoms with E-state index in [1.54, 1.807) is 6.07 Å². The molecule has 1 N–H and O–H groups in total. The quantitative estimate of drug-likeness (QED) is 0.738. The number of para-hydroxylation sites is 1. The van der Waals surface area contributed by atoms with Gasteiger partial charge in [-0.3, -0.25) is 14.5 Å². The molecule has 1 saturated heterocycles. The Morgan fingerprint density at radius 3 is 2.41 bits per heavy atom. The molecule has 0 unspecified atom stereocenters. The van der Waals surface area contributed by atoms with Crippen LogP contribution in [0.2, 0.25) is 5.02 Å². The lowest BCUT2D eigenvalue weighted by Crippen LogP contribution is -2.38. The number of nitrogens with zero attached hydrogens (tertiary/aromatic N) is 2. The van der Waals surface area contributed by atoms with E-state index < -0.39 is 0 Å². The fourth-order valence-electron chi connectivity index (χ4n) is 3.71. The number of hydrogen-bond acceptors (Lipinski definition) is 4. The zero-order valence-corrected chi connectivity index (χ0v) is 18.6. The lowest BCUT2D eigenvalue weighted by molar-refractivity contribution is -0.117. The normalized spacial score (nSPS) is 15.2. The van der Waals surface area contributed by atoms with Crippen LogP contribution in [0.1, 0.15) is 41.1 Å². The van der Waals surface area contributed by atoms with Crippen molar-refractivity contribution in [1.29, 1.82) is 0 Å². The molecule has 2 aromatic rings. The summed E-state index contributed by atoms with van der Waals surface area (Å²) >= 11 is 7.49. The van der Waals surface area contributed by atoms with E-state index in [0.717, 1.165) is 42.6 Å². The average molecular weight is 434 g/mol. The first-order chi connectivity index (χ1) is 14.0. The Balaban J connectivity index is 1.59. The molecule has 1 fully saturated rings. The predicted octanol–water partition coefficient (Wildman–Crippen LogP) is 4.31. The SMILES string of the molecule is CCc1cccc(CC)c1NC(=O)CN1CCCN(C(=O)c2sccc2Cl)CC1. The molecule has 0 spiro atoms. The summed E-state index contributed by atoms with van der Waals surface area (Å²) in [6.45, 7) is 7.30. The number of halogens is 1. The van der Waals surface area contributed by atoms with Gasteiger partial charge in [0.2, 0.25) is 5.91 Å². The van der Waals surface area contributed by atoms with E-state index in [9.17, 15) is 9.59 Å². The fourth-order valence-corrected chi connectivity index (χ4v) is 4.81. The molecule has 7 heteroatoms. The molecule has 1 aliphatic heterocycles. The lowest BCUT2D eigenvalue weighted by Gasteiger charge is -2.22. The van der Waals surface area contributed by atoms with Crippen molar-refractivity contribution in [2.24, 2.45) is 0 Å². The molecule has 1 aliphatic rings. The Morgan fingerprint density at radius 1 is 1.07 bits per heavy atom. The van der Waals surface area contributed by atoms with Crippen molar-refractivity contribution in [1.82, 2.24) is 9.80 Å². The van der Waals surface area contributed by atoms with Gasteiger partial charge in [-0.25, -0.2) is 0 Å². The first kappa shape index (κ1) is 21.8. The second-order valence-corrected chi connectivity index (χ2v) is 8.55. The number of benzene rings is 1. The Labute approximate surface area is 181 Å². The minimum atomic E-state index is -0.0132. The molecular weight excluding hydrogens is 406 g/mol. The number of anilines is 1. The van der Waals surface area contributed by atoms with Gasteiger partial charge in [0.15, 0.2) is 0 Å². The number of amides is 2. The van der Waals surface area contributed by atoms with Crippen LogP contribution in [-0.2, 0) is 17.6 Å². The average Bonchev–Trinajstić information content (AvgIpc) is 3.01. The maximum atomic E-state index is 12.7. The van der Waals surface area contributed by atoms with Crippen molar-refractivity contribution in [3.8, 4) is 0 Å². The number of hydrogen-bond donors (Lipinski definition) is 1. The van der Waals surface area contributed by atoms with Crippen molar-refractivity contribution in [2.45, 2.75) is 33.1 Å². The van der Waals surface area contributed by atoms with E-state index in [2.05, 4.69) is 36.2 Å². The van der Waals surface area contributed by atoms with Crippen LogP contribution in [0.5, 0.6) is 0 Å². The zero-order chi connectivity index (χ0) is 20.8. The van der Waals surface area contributed by atoms with Gasteiger partial charge in [0.05, 0.1) is 11.6 Å². The summed E-state index contributed by atoms with van der Waals surface area (Å²) in [5.41, 5.74) is 3.29. The summed E-state index contributed by atoms with van der Waals surface area (Å²) in [7, 11) is 0. The van der Waals surface area contributed by atoms with Crippen molar-refractivity contribution in [3.63, 3.8) is 0 Å². The van der Waals surface area contributed by atoms with E-state index in [0.29, 0.717) is 36.1 Å². The standard InChI is InChI=1S/C22H28ClN3O2S/c1-3-16-7-5-8-17(4-2)20(16)24-19(27)15-25-10-6-11-26(13-12-25)22(28)21-18(23)9-14-29-21/h5,7-9,14H,3-4,6,10-13,15H2,1-2H3,(H,24,27). The van der Waals surface area contributed by atoms with Crippen molar-refractivity contribution < 1.29 is 9.59 Å². The van der Waals surface area contributed by atoms with E-state index >= 15 is 0 Å². The van der Waals surface area contributed by atoms with Crippen LogP contribution in [0.4, 0.5) is 5.69 Å². The Hall–Kier alpha value is -1.89. The number of carbonyl (C=O) groups excluding carboxylic acids is 2. The zero-order valence-electron chi connectivity index (χ0n) is 17.0. The number of aryl methyl sites for hydroxylation is 2. The molecule has 0 saturated carbocycles. The van der Waals surface area contributed by atoms with Crippen LogP contribution in [0.3, 0.4) is 0 Å². The first-order valence-electron chi connectivity index (χ1n) is 10.2. The highest BCUT2D eigenvalue weighted by molar-refractivity contribution is 7.12. The maximum Gasteiger partial charge on any atom is 0.265 e. The molecule has 2 heterocycles. The number of carbonyl (C=O) groups is 2. The molecule has 0 aliphatic carbocycles. The van der Waals surface area contributed by atoms with E-state index in [1.165, 1.54) is 11.3 Å². The maximum absolute atomic E-state index is 12.7. The number of rotatable bonds is 6. The summed E-state index contributed by atoms with van der Waals surface area (Å²) in [4.78, 5) is 30.0.